The number of methoxy groups -OCH3 is 1. The molecular weight excluding hydrogens is 534 g/mol. The van der Waals surface area contributed by atoms with Crippen LogP contribution in [0.3, 0.4) is 0 Å². The molecule has 0 saturated carbocycles. The maximum Gasteiger partial charge on any atom is 0.326 e. The summed E-state index contributed by atoms with van der Waals surface area (Å²) in [5, 5.41) is 10.9. The molecule has 216 valence electrons. The Hall–Kier alpha value is -2.71. The number of aliphatic hydroxyl groups excluding tert-OH is 1. The summed E-state index contributed by atoms with van der Waals surface area (Å²) in [6.45, 7) is 7.98. The average molecular weight is 572 g/mol. The Balaban J connectivity index is 1.22. The van der Waals surface area contributed by atoms with E-state index in [1.165, 1.54) is 11.8 Å². The number of fused-ring (bicyclic) bond motifs is 3. The van der Waals surface area contributed by atoms with Crippen LogP contribution in [0.25, 0.3) is 0 Å². The van der Waals surface area contributed by atoms with Gasteiger partial charge in [-0.25, -0.2) is 19.7 Å². The van der Waals surface area contributed by atoms with Gasteiger partial charge < -0.3 is 34.9 Å². The number of piperidine rings is 1. The van der Waals surface area contributed by atoms with Crippen LogP contribution in [0.1, 0.15) is 31.2 Å². The van der Waals surface area contributed by atoms with E-state index in [2.05, 4.69) is 9.88 Å². The lowest BCUT2D eigenvalue weighted by molar-refractivity contribution is 0.0973. The van der Waals surface area contributed by atoms with Crippen LogP contribution in [0.2, 0.25) is 0 Å². The van der Waals surface area contributed by atoms with Gasteiger partial charge in [0.2, 0.25) is 0 Å². The predicted octanol–water partition coefficient (Wildman–Crippen LogP) is 1.81. The second-order valence-electron chi connectivity index (χ2n) is 11.1. The fraction of sp³-hybridized carbons (Fsp3) is 0.630. The molecule has 6 heterocycles. The third-order valence-corrected chi connectivity index (χ3v) is 9.80. The Kier molecular flexibility index (Phi) is 7.51. The maximum atomic E-state index is 13.1. The Labute approximate surface area is 238 Å². The lowest BCUT2D eigenvalue weighted by Gasteiger charge is -2.42. The zero-order chi connectivity index (χ0) is 28.0. The number of ether oxygens (including phenoxy) is 3. The molecule has 1 spiro atoms. The highest BCUT2D eigenvalue weighted by Crippen LogP contribution is 2.45. The average Bonchev–Trinajstić information content (AvgIpc) is 3.44. The SMILES string of the molecule is COCCN1CC2COc3c(Sc4nc(CO)c(N5CCC6(CC5)CO[C@@H](C)[C@H]6N)nc4C)ccnc3N2C1=O. The van der Waals surface area contributed by atoms with E-state index in [4.69, 9.17) is 29.9 Å². The second-order valence-corrected chi connectivity index (χ2v) is 12.1. The van der Waals surface area contributed by atoms with Gasteiger partial charge >= 0.3 is 6.03 Å². The Bertz CT molecular complexity index is 1270. The predicted molar refractivity (Wildman–Crippen MR) is 149 cm³/mol. The number of carbonyl (C=O) groups excluding carboxylic acids is 1. The first-order chi connectivity index (χ1) is 19.3. The highest BCUT2D eigenvalue weighted by atomic mass is 32.2. The molecular formula is C27H37N7O5S. The summed E-state index contributed by atoms with van der Waals surface area (Å²) in [5.41, 5.74) is 7.80. The van der Waals surface area contributed by atoms with Crippen molar-refractivity contribution >= 4 is 29.4 Å². The van der Waals surface area contributed by atoms with Gasteiger partial charge in [0.1, 0.15) is 17.3 Å². The standard InChI is InChI=1S/C27H37N7O5S/c1-16-25(31-19(13-35)23(30-16)32-8-5-27(6-9-32)15-39-17(2)22(27)28)40-20-4-7-29-24-21(20)38-14-18-12-33(10-11-37-3)26(36)34(18)24/h4,7,17-18,22,35H,5-6,8-15,28H2,1-3H3/t17-,18?,22+/m0/s1. The molecule has 1 unspecified atom stereocenters. The van der Waals surface area contributed by atoms with E-state index in [9.17, 15) is 9.90 Å². The van der Waals surface area contributed by atoms with E-state index < -0.39 is 0 Å². The van der Waals surface area contributed by atoms with Gasteiger partial charge in [0.15, 0.2) is 17.4 Å². The number of amides is 2. The molecule has 4 aliphatic rings. The molecule has 40 heavy (non-hydrogen) atoms. The second kappa shape index (κ2) is 10.9. The van der Waals surface area contributed by atoms with E-state index in [0.717, 1.165) is 42.3 Å². The quantitative estimate of drug-likeness (QED) is 0.503. The summed E-state index contributed by atoms with van der Waals surface area (Å²) in [6.07, 6.45) is 3.59. The van der Waals surface area contributed by atoms with Gasteiger partial charge in [-0.3, -0.25) is 4.90 Å². The van der Waals surface area contributed by atoms with Crippen LogP contribution in [0, 0.1) is 12.3 Å². The zero-order valence-electron chi connectivity index (χ0n) is 23.2. The number of nitrogens with zero attached hydrogens (tertiary/aromatic N) is 6. The molecule has 3 atom stereocenters. The van der Waals surface area contributed by atoms with Crippen molar-refractivity contribution in [1.82, 2.24) is 19.9 Å². The number of hydrogen-bond donors (Lipinski definition) is 2. The zero-order valence-corrected chi connectivity index (χ0v) is 24.0. The monoisotopic (exact) mass is 571 g/mol. The van der Waals surface area contributed by atoms with Crippen LogP contribution in [0.4, 0.5) is 16.4 Å². The lowest BCUT2D eigenvalue weighted by atomic mass is 9.73. The normalized spacial score (nSPS) is 25.4. The van der Waals surface area contributed by atoms with Crippen LogP contribution < -0.4 is 20.3 Å². The van der Waals surface area contributed by atoms with Crippen LogP contribution >= 0.6 is 11.8 Å². The molecule has 0 aliphatic carbocycles. The Morgan fingerprint density at radius 3 is 2.77 bits per heavy atom. The number of nitrogens with two attached hydrogens (primary N) is 1. The number of pyridine rings is 1. The van der Waals surface area contributed by atoms with Crippen molar-refractivity contribution in [2.45, 2.75) is 61.4 Å². The van der Waals surface area contributed by atoms with Gasteiger partial charge in [-0.1, -0.05) is 11.8 Å². The highest BCUT2D eigenvalue weighted by Gasteiger charge is 2.48. The van der Waals surface area contributed by atoms with Gasteiger partial charge in [0.05, 0.1) is 42.6 Å². The van der Waals surface area contributed by atoms with E-state index in [1.807, 2.05) is 19.9 Å². The minimum absolute atomic E-state index is 0.00450. The number of aryl methyl sites for hydroxylation is 1. The third kappa shape index (κ3) is 4.67. The Morgan fingerprint density at radius 2 is 2.08 bits per heavy atom. The van der Waals surface area contributed by atoms with Gasteiger partial charge in [-0.2, -0.15) is 0 Å². The fourth-order valence-corrected chi connectivity index (χ4v) is 7.14. The first-order valence-electron chi connectivity index (χ1n) is 13.8. The number of urea groups is 1. The van der Waals surface area contributed by atoms with Crippen molar-refractivity contribution in [3.63, 3.8) is 0 Å². The summed E-state index contributed by atoms with van der Waals surface area (Å²) >= 11 is 1.41. The minimum atomic E-state index is -0.219. The molecule has 12 nitrogen and oxygen atoms in total. The van der Waals surface area contributed by atoms with E-state index in [1.54, 1.807) is 23.1 Å². The van der Waals surface area contributed by atoms with Crippen molar-refractivity contribution in [3.05, 3.63) is 23.7 Å². The summed E-state index contributed by atoms with van der Waals surface area (Å²) < 4.78 is 17.2. The van der Waals surface area contributed by atoms with Crippen molar-refractivity contribution in [2.75, 3.05) is 62.9 Å². The molecule has 4 aliphatic heterocycles. The molecule has 2 amide bonds. The molecule has 0 aromatic carbocycles. The highest BCUT2D eigenvalue weighted by molar-refractivity contribution is 7.99. The molecule has 3 fully saturated rings. The summed E-state index contributed by atoms with van der Waals surface area (Å²) in [7, 11) is 1.63. The largest absolute Gasteiger partial charge is 0.486 e. The molecule has 2 aromatic rings. The van der Waals surface area contributed by atoms with E-state index in [-0.39, 0.29) is 36.2 Å². The topological polar surface area (TPSA) is 139 Å². The molecule has 0 radical (unpaired) electrons. The number of hydrogen-bond acceptors (Lipinski definition) is 11. The minimum Gasteiger partial charge on any atom is -0.486 e. The molecule has 13 heteroatoms. The Morgan fingerprint density at radius 1 is 1.27 bits per heavy atom. The molecule has 2 aromatic heterocycles. The van der Waals surface area contributed by atoms with Crippen molar-refractivity contribution in [1.29, 1.82) is 0 Å². The number of aliphatic hydroxyl groups is 1. The van der Waals surface area contributed by atoms with Gasteiger partial charge in [-0.15, -0.1) is 0 Å². The maximum absolute atomic E-state index is 13.1. The van der Waals surface area contributed by atoms with Crippen molar-refractivity contribution in [2.24, 2.45) is 11.1 Å². The van der Waals surface area contributed by atoms with Crippen molar-refractivity contribution in [3.8, 4) is 5.75 Å². The van der Waals surface area contributed by atoms with Crippen LogP contribution in [0.5, 0.6) is 5.75 Å². The van der Waals surface area contributed by atoms with Crippen LogP contribution in [0.15, 0.2) is 22.2 Å². The van der Waals surface area contributed by atoms with Crippen LogP contribution in [-0.4, -0.2) is 102 Å². The molecule has 6 rings (SSSR count). The molecule has 3 saturated heterocycles. The molecule has 3 N–H and O–H groups in total. The number of rotatable bonds is 7. The fourth-order valence-electron chi connectivity index (χ4n) is 6.21. The summed E-state index contributed by atoms with van der Waals surface area (Å²) in [5.74, 6) is 1.79. The lowest BCUT2D eigenvalue weighted by Crippen LogP contribution is -2.51. The van der Waals surface area contributed by atoms with Gasteiger partial charge in [0, 0.05) is 50.9 Å². The van der Waals surface area contributed by atoms with Crippen molar-refractivity contribution < 1.29 is 24.1 Å². The summed E-state index contributed by atoms with van der Waals surface area (Å²) in [4.78, 5) is 33.9. The third-order valence-electron chi connectivity index (χ3n) is 8.68. The first kappa shape index (κ1) is 27.5. The smallest absolute Gasteiger partial charge is 0.326 e. The van der Waals surface area contributed by atoms with Crippen LogP contribution in [-0.2, 0) is 16.1 Å². The number of anilines is 2. The van der Waals surface area contributed by atoms with E-state index >= 15 is 0 Å². The van der Waals surface area contributed by atoms with Gasteiger partial charge in [0.25, 0.3) is 0 Å². The number of aromatic nitrogens is 3. The van der Waals surface area contributed by atoms with Gasteiger partial charge in [-0.05, 0) is 32.8 Å². The first-order valence-corrected chi connectivity index (χ1v) is 14.6. The molecule has 0 bridgehead atoms. The number of carbonyl (C=O) groups is 1. The summed E-state index contributed by atoms with van der Waals surface area (Å²) in [6, 6.07) is 1.71. The van der Waals surface area contributed by atoms with E-state index in [0.29, 0.717) is 55.2 Å².